The van der Waals surface area contributed by atoms with Crippen LogP contribution in [0.5, 0.6) is 5.75 Å². The number of β-amino-alcohol motifs (C(OH)–C–C–N with tert-alkyl or cyclic N) is 1. The average molecular weight is 408 g/mol. The Labute approximate surface area is 168 Å². The number of likely N-dealkylation sites (tertiary alicyclic amines) is 1. The van der Waals surface area contributed by atoms with Crippen molar-refractivity contribution >= 4 is 22.4 Å². The lowest BCUT2D eigenvalue weighted by atomic mass is 9.98. The van der Waals surface area contributed by atoms with Gasteiger partial charge in [-0.05, 0) is 61.3 Å². The molecule has 1 N–H and O–H groups in total. The van der Waals surface area contributed by atoms with Gasteiger partial charge in [-0.15, -0.1) is 0 Å². The summed E-state index contributed by atoms with van der Waals surface area (Å²) in [4.78, 5) is 3.10. The van der Waals surface area contributed by atoms with Crippen LogP contribution in [0.2, 0.25) is 5.02 Å². The topological polar surface area (TPSA) is 49.8 Å². The Balaban J connectivity index is 1.49. The number of halogens is 1. The fourth-order valence-corrected chi connectivity index (χ4v) is 4.18. The van der Waals surface area contributed by atoms with Crippen LogP contribution in [0.25, 0.3) is 0 Å². The van der Waals surface area contributed by atoms with Crippen LogP contribution in [0.3, 0.4) is 0 Å². The summed E-state index contributed by atoms with van der Waals surface area (Å²) in [5, 5.41) is 11.2. The van der Waals surface area contributed by atoms with E-state index in [1.54, 1.807) is 6.26 Å². The lowest BCUT2D eigenvalue weighted by Gasteiger charge is -2.33. The van der Waals surface area contributed by atoms with Crippen molar-refractivity contribution in [3.05, 3.63) is 59.1 Å². The van der Waals surface area contributed by atoms with Crippen molar-refractivity contribution < 1.29 is 14.1 Å². The smallest absolute Gasteiger partial charge is 0.119 e. The summed E-state index contributed by atoms with van der Waals surface area (Å²) in [5.74, 6) is 1.24. The number of hydrogen-bond acceptors (Lipinski definition) is 4. The second-order valence-corrected chi connectivity index (χ2v) is 8.89. The molecule has 3 atom stereocenters. The summed E-state index contributed by atoms with van der Waals surface area (Å²) in [6.07, 6.45) is 3.36. The van der Waals surface area contributed by atoms with E-state index in [-0.39, 0.29) is 0 Å². The molecular weight excluding hydrogens is 382 g/mol. The molecule has 2 unspecified atom stereocenters. The maximum absolute atomic E-state index is 11.4. The molecule has 3 rings (SSSR count). The summed E-state index contributed by atoms with van der Waals surface area (Å²) in [5.41, 5.74) is 0.856. The number of piperidine rings is 1. The third-order valence-electron chi connectivity index (χ3n) is 4.91. The Morgan fingerprint density at radius 1 is 1.30 bits per heavy atom. The van der Waals surface area contributed by atoms with Gasteiger partial charge in [0, 0.05) is 46.0 Å². The van der Waals surface area contributed by atoms with Crippen molar-refractivity contribution in [3.8, 4) is 5.75 Å². The lowest BCUT2D eigenvalue weighted by molar-refractivity contribution is 0.0714. The second-order valence-electron chi connectivity index (χ2n) is 7.08. The van der Waals surface area contributed by atoms with Gasteiger partial charge in [0.1, 0.15) is 5.75 Å². The normalized spacial score (nSPS) is 20.2. The van der Waals surface area contributed by atoms with Gasteiger partial charge in [-0.25, -0.2) is 0 Å². The molecule has 0 aliphatic carbocycles. The molecule has 1 heterocycles. The van der Waals surface area contributed by atoms with Crippen molar-refractivity contribution in [2.75, 3.05) is 32.5 Å². The van der Waals surface area contributed by atoms with Crippen molar-refractivity contribution in [2.45, 2.75) is 23.8 Å². The molecule has 0 saturated carbocycles. The first-order chi connectivity index (χ1) is 13.0. The van der Waals surface area contributed by atoms with Gasteiger partial charge in [0.05, 0.1) is 12.7 Å². The summed E-state index contributed by atoms with van der Waals surface area (Å²) in [6.45, 7) is 3.16. The average Bonchev–Trinajstić information content (AvgIpc) is 2.67. The molecule has 27 heavy (non-hydrogen) atoms. The minimum absolute atomic E-state index is 0.435. The first kappa shape index (κ1) is 20.3. The van der Waals surface area contributed by atoms with E-state index in [1.807, 2.05) is 48.5 Å². The summed E-state index contributed by atoms with van der Waals surface area (Å²) < 4.78 is 17.4. The quantitative estimate of drug-likeness (QED) is 0.756. The fourth-order valence-electron chi connectivity index (χ4n) is 3.46. The number of ether oxygens (including phenoxy) is 1. The highest BCUT2D eigenvalue weighted by Gasteiger charge is 2.23. The van der Waals surface area contributed by atoms with Gasteiger partial charge in [0.25, 0.3) is 0 Å². The van der Waals surface area contributed by atoms with Crippen LogP contribution in [0, 0.1) is 5.92 Å². The van der Waals surface area contributed by atoms with Crippen LogP contribution >= 0.6 is 11.6 Å². The summed E-state index contributed by atoms with van der Waals surface area (Å²) in [6, 6.07) is 14.9. The van der Waals surface area contributed by atoms with Gasteiger partial charge in [0.15, 0.2) is 0 Å². The largest absolute Gasteiger partial charge is 0.493 e. The molecule has 2 aromatic carbocycles. The maximum atomic E-state index is 11.4. The van der Waals surface area contributed by atoms with Crippen molar-refractivity contribution in [1.82, 2.24) is 4.90 Å². The third-order valence-corrected chi connectivity index (χ3v) is 6.08. The molecule has 2 aromatic rings. The number of nitrogens with zero attached hydrogens (tertiary/aromatic N) is 1. The summed E-state index contributed by atoms with van der Waals surface area (Å²) in [7, 11) is -0.968. The Hall–Kier alpha value is -1.40. The standard InChI is InChI=1S/C21H26ClNO3S/c1-27(25)20-9-7-19(8-10-20)26-15-16-4-3-11-23(13-16)14-21(24)17-5-2-6-18(22)12-17/h2,5-10,12,16,21,24H,3-4,11,13-15H2,1H3/t16-,21?,27?/m1/s1. The SMILES string of the molecule is CS(=O)c1ccc(OC[C@@H]2CCCN(CC(O)c3cccc(Cl)c3)C2)cc1. The van der Waals surface area contributed by atoms with Gasteiger partial charge in [0.2, 0.25) is 0 Å². The van der Waals surface area contributed by atoms with Crippen LogP contribution in [0.4, 0.5) is 0 Å². The molecule has 0 radical (unpaired) electrons. The van der Waals surface area contributed by atoms with Crippen molar-refractivity contribution in [2.24, 2.45) is 5.92 Å². The molecule has 0 amide bonds. The minimum Gasteiger partial charge on any atom is -0.493 e. The Kier molecular flexibility index (Phi) is 7.30. The van der Waals surface area contributed by atoms with Gasteiger partial charge >= 0.3 is 0 Å². The zero-order valence-corrected chi connectivity index (χ0v) is 17.1. The van der Waals surface area contributed by atoms with E-state index in [4.69, 9.17) is 16.3 Å². The maximum Gasteiger partial charge on any atom is 0.119 e. The first-order valence-corrected chi connectivity index (χ1v) is 11.2. The molecule has 146 valence electrons. The highest BCUT2D eigenvalue weighted by molar-refractivity contribution is 7.84. The highest BCUT2D eigenvalue weighted by atomic mass is 35.5. The highest BCUT2D eigenvalue weighted by Crippen LogP contribution is 2.23. The molecule has 0 aromatic heterocycles. The predicted molar refractivity (Wildman–Crippen MR) is 110 cm³/mol. The molecule has 0 spiro atoms. The van der Waals surface area contributed by atoms with Crippen LogP contribution in [0.15, 0.2) is 53.4 Å². The molecule has 1 fully saturated rings. The number of aliphatic hydroxyl groups is 1. The van der Waals surface area contributed by atoms with E-state index >= 15 is 0 Å². The number of aliphatic hydroxyl groups excluding tert-OH is 1. The Morgan fingerprint density at radius 3 is 2.78 bits per heavy atom. The minimum atomic E-state index is -0.968. The third kappa shape index (κ3) is 6.04. The van der Waals surface area contributed by atoms with E-state index in [0.29, 0.717) is 24.1 Å². The van der Waals surface area contributed by atoms with E-state index < -0.39 is 16.9 Å². The second kappa shape index (κ2) is 9.69. The Morgan fingerprint density at radius 2 is 2.07 bits per heavy atom. The van der Waals surface area contributed by atoms with Crippen LogP contribution < -0.4 is 4.74 Å². The summed E-state index contributed by atoms with van der Waals surface area (Å²) >= 11 is 6.02. The van der Waals surface area contributed by atoms with Gasteiger partial charge in [-0.2, -0.15) is 0 Å². The van der Waals surface area contributed by atoms with E-state index in [1.165, 1.54) is 0 Å². The zero-order chi connectivity index (χ0) is 19.2. The van der Waals surface area contributed by atoms with Crippen LogP contribution in [-0.4, -0.2) is 46.7 Å². The van der Waals surface area contributed by atoms with E-state index in [2.05, 4.69) is 4.90 Å². The molecule has 6 heteroatoms. The van der Waals surface area contributed by atoms with E-state index in [0.717, 1.165) is 42.1 Å². The molecule has 1 aliphatic heterocycles. The molecule has 1 saturated heterocycles. The first-order valence-electron chi connectivity index (χ1n) is 9.23. The van der Waals surface area contributed by atoms with Crippen LogP contribution in [-0.2, 0) is 10.8 Å². The zero-order valence-electron chi connectivity index (χ0n) is 15.5. The molecule has 1 aliphatic rings. The number of benzene rings is 2. The predicted octanol–water partition coefficient (Wildman–Crippen LogP) is 3.90. The number of hydrogen-bond donors (Lipinski definition) is 1. The monoisotopic (exact) mass is 407 g/mol. The molecule has 4 nitrogen and oxygen atoms in total. The molecule has 0 bridgehead atoms. The fraction of sp³-hybridized carbons (Fsp3) is 0.429. The van der Waals surface area contributed by atoms with E-state index in [9.17, 15) is 9.32 Å². The van der Waals surface area contributed by atoms with Crippen LogP contribution in [0.1, 0.15) is 24.5 Å². The molecular formula is C21H26ClNO3S. The number of rotatable bonds is 7. The van der Waals surface area contributed by atoms with Gasteiger partial charge in [-0.1, -0.05) is 23.7 Å². The lowest BCUT2D eigenvalue weighted by Crippen LogP contribution is -2.39. The van der Waals surface area contributed by atoms with Gasteiger partial charge < -0.3 is 14.7 Å². The Bertz CT molecular complexity index is 768. The van der Waals surface area contributed by atoms with Gasteiger partial charge in [-0.3, -0.25) is 4.21 Å². The van der Waals surface area contributed by atoms with Crippen molar-refractivity contribution in [1.29, 1.82) is 0 Å². The van der Waals surface area contributed by atoms with Crippen molar-refractivity contribution in [3.63, 3.8) is 0 Å².